The monoisotopic (exact) mass is 549 g/mol. The Hall–Kier alpha value is -2.13. The number of rotatable bonds is 7. The zero-order valence-electron chi connectivity index (χ0n) is 18.6. The number of hydrogen-bond acceptors (Lipinski definition) is 2. The summed E-state index contributed by atoms with van der Waals surface area (Å²) < 4.78 is 13.1. The van der Waals surface area contributed by atoms with Crippen molar-refractivity contribution in [2.75, 3.05) is 26.7 Å². The second-order valence-corrected chi connectivity index (χ2v) is 8.28. The van der Waals surface area contributed by atoms with Crippen molar-refractivity contribution in [1.29, 1.82) is 0 Å². The first-order valence-electron chi connectivity index (χ1n) is 11.2. The summed E-state index contributed by atoms with van der Waals surface area (Å²) in [7, 11) is 1.83. The molecule has 0 aliphatic carbocycles. The van der Waals surface area contributed by atoms with E-state index >= 15 is 0 Å². The molecule has 0 atom stereocenters. The Morgan fingerprint density at radius 3 is 2.62 bits per heavy atom. The lowest BCUT2D eigenvalue weighted by molar-refractivity contribution is 0.198. The summed E-state index contributed by atoms with van der Waals surface area (Å²) in [5.74, 6) is 0.711. The van der Waals surface area contributed by atoms with Crippen molar-refractivity contribution in [3.8, 4) is 0 Å². The number of hydrogen-bond donors (Lipinski definition) is 3. The van der Waals surface area contributed by atoms with Gasteiger partial charge in [0.1, 0.15) is 5.82 Å². The lowest BCUT2D eigenvalue weighted by Crippen LogP contribution is -2.48. The molecule has 4 rings (SSSR count). The van der Waals surface area contributed by atoms with Gasteiger partial charge in [-0.2, -0.15) is 0 Å². The molecule has 32 heavy (non-hydrogen) atoms. The maximum atomic E-state index is 13.1. The maximum Gasteiger partial charge on any atom is 0.191 e. The lowest BCUT2D eigenvalue weighted by Gasteiger charge is -2.33. The fourth-order valence-electron chi connectivity index (χ4n) is 4.30. The minimum absolute atomic E-state index is 0. The summed E-state index contributed by atoms with van der Waals surface area (Å²) >= 11 is 0. The number of nitrogens with zero attached hydrogens (tertiary/aromatic N) is 2. The Bertz CT molecular complexity index is 993. The molecule has 2 aromatic carbocycles. The van der Waals surface area contributed by atoms with Crippen molar-refractivity contribution >= 4 is 40.8 Å². The Balaban J connectivity index is 0.00000289. The molecule has 0 saturated carbocycles. The Labute approximate surface area is 206 Å². The average molecular weight is 549 g/mol. The van der Waals surface area contributed by atoms with Crippen molar-refractivity contribution in [3.63, 3.8) is 0 Å². The van der Waals surface area contributed by atoms with E-state index in [2.05, 4.69) is 56.0 Å². The zero-order chi connectivity index (χ0) is 21.5. The van der Waals surface area contributed by atoms with Crippen molar-refractivity contribution in [2.45, 2.75) is 38.3 Å². The minimum Gasteiger partial charge on any atom is -0.361 e. The molecule has 1 saturated heterocycles. The number of piperidine rings is 1. The summed E-state index contributed by atoms with van der Waals surface area (Å²) in [5, 5.41) is 8.36. The van der Waals surface area contributed by atoms with Gasteiger partial charge >= 0.3 is 0 Å². The van der Waals surface area contributed by atoms with Crippen LogP contribution in [0.1, 0.15) is 30.4 Å². The second kappa shape index (κ2) is 12.2. The standard InChI is InChI=1S/C25H32FN5.HI/c1-27-25(28-14-4-5-20-17-29-24-7-3-2-6-23(20)24)30-22-12-15-31(16-13-22)18-19-8-10-21(26)11-9-19;/h2-3,6-11,17,22,29H,4-5,12-16,18H2,1H3,(H2,27,28,30);1H. The van der Waals surface area contributed by atoms with Crippen molar-refractivity contribution in [1.82, 2.24) is 20.5 Å². The highest BCUT2D eigenvalue weighted by molar-refractivity contribution is 14.0. The molecular formula is C25H33FIN5. The van der Waals surface area contributed by atoms with Gasteiger partial charge in [-0.05, 0) is 55.0 Å². The van der Waals surface area contributed by atoms with E-state index in [9.17, 15) is 4.39 Å². The fourth-order valence-corrected chi connectivity index (χ4v) is 4.30. The summed E-state index contributed by atoms with van der Waals surface area (Å²) in [6.45, 7) is 3.84. The van der Waals surface area contributed by atoms with Crippen LogP contribution in [0.5, 0.6) is 0 Å². The van der Waals surface area contributed by atoms with Gasteiger partial charge in [0.2, 0.25) is 0 Å². The van der Waals surface area contributed by atoms with E-state index in [0.29, 0.717) is 6.04 Å². The third-order valence-corrected chi connectivity index (χ3v) is 6.06. The molecule has 1 fully saturated rings. The van der Waals surface area contributed by atoms with Gasteiger partial charge < -0.3 is 15.6 Å². The number of aliphatic imine (C=N–C) groups is 1. The van der Waals surface area contributed by atoms with E-state index in [1.165, 1.54) is 34.2 Å². The number of aromatic amines is 1. The predicted octanol–water partition coefficient (Wildman–Crippen LogP) is 4.69. The number of halogens is 2. The molecule has 0 bridgehead atoms. The van der Waals surface area contributed by atoms with Crippen LogP contribution in [0, 0.1) is 5.82 Å². The van der Waals surface area contributed by atoms with E-state index in [1.807, 2.05) is 19.2 Å². The summed E-state index contributed by atoms with van der Waals surface area (Å²) in [4.78, 5) is 10.2. The van der Waals surface area contributed by atoms with E-state index in [1.54, 1.807) is 0 Å². The number of aryl methyl sites for hydroxylation is 1. The molecule has 0 unspecified atom stereocenters. The number of benzene rings is 2. The molecule has 3 N–H and O–H groups in total. The topological polar surface area (TPSA) is 55.5 Å². The van der Waals surface area contributed by atoms with Gasteiger partial charge in [-0.25, -0.2) is 4.39 Å². The number of guanidine groups is 1. The zero-order valence-corrected chi connectivity index (χ0v) is 20.9. The molecule has 2 heterocycles. The first kappa shape index (κ1) is 24.5. The molecule has 1 aliphatic heterocycles. The van der Waals surface area contributed by atoms with Crippen LogP contribution in [0.25, 0.3) is 10.9 Å². The van der Waals surface area contributed by atoms with Gasteiger partial charge in [0, 0.05) is 56.4 Å². The number of nitrogens with one attached hydrogen (secondary N) is 3. The van der Waals surface area contributed by atoms with E-state index < -0.39 is 0 Å². The van der Waals surface area contributed by atoms with Crippen molar-refractivity contribution < 1.29 is 4.39 Å². The molecule has 0 amide bonds. The SMILES string of the molecule is CN=C(NCCCc1c[nH]c2ccccc12)NC1CCN(Cc2ccc(F)cc2)CC1.I. The van der Waals surface area contributed by atoms with Crippen LogP contribution in [0.15, 0.2) is 59.7 Å². The van der Waals surface area contributed by atoms with Gasteiger partial charge in [0.25, 0.3) is 0 Å². The number of likely N-dealkylation sites (tertiary alicyclic amines) is 1. The van der Waals surface area contributed by atoms with E-state index in [0.717, 1.165) is 57.8 Å². The number of fused-ring (bicyclic) bond motifs is 1. The fraction of sp³-hybridized carbons (Fsp3) is 0.400. The van der Waals surface area contributed by atoms with Gasteiger partial charge in [-0.15, -0.1) is 24.0 Å². The van der Waals surface area contributed by atoms with Crippen LogP contribution in [-0.2, 0) is 13.0 Å². The Kier molecular flexibility index (Phi) is 9.35. The molecule has 3 aromatic rings. The molecule has 0 radical (unpaired) electrons. The largest absolute Gasteiger partial charge is 0.361 e. The summed E-state index contributed by atoms with van der Waals surface area (Å²) in [6.07, 6.45) is 6.38. The van der Waals surface area contributed by atoms with Gasteiger partial charge in [0.05, 0.1) is 0 Å². The molecule has 0 spiro atoms. The molecule has 7 heteroatoms. The van der Waals surface area contributed by atoms with Gasteiger partial charge in [0.15, 0.2) is 5.96 Å². The highest BCUT2D eigenvalue weighted by Gasteiger charge is 2.20. The highest BCUT2D eigenvalue weighted by atomic mass is 127. The molecule has 172 valence electrons. The first-order valence-corrected chi connectivity index (χ1v) is 11.2. The molecule has 1 aliphatic rings. The number of H-pyrrole nitrogens is 1. The average Bonchev–Trinajstić information content (AvgIpc) is 3.22. The lowest BCUT2D eigenvalue weighted by atomic mass is 10.0. The Morgan fingerprint density at radius 1 is 1.12 bits per heavy atom. The smallest absolute Gasteiger partial charge is 0.191 e. The summed E-state index contributed by atoms with van der Waals surface area (Å²) in [5.41, 5.74) is 3.74. The Morgan fingerprint density at radius 2 is 1.88 bits per heavy atom. The van der Waals surface area contributed by atoms with Crippen LogP contribution in [0.3, 0.4) is 0 Å². The van der Waals surface area contributed by atoms with Crippen LogP contribution in [0.2, 0.25) is 0 Å². The van der Waals surface area contributed by atoms with Crippen molar-refractivity contribution in [2.24, 2.45) is 4.99 Å². The van der Waals surface area contributed by atoms with E-state index in [4.69, 9.17) is 0 Å². The van der Waals surface area contributed by atoms with Crippen molar-refractivity contribution in [3.05, 3.63) is 71.7 Å². The third kappa shape index (κ3) is 6.68. The van der Waals surface area contributed by atoms with Crippen LogP contribution >= 0.6 is 24.0 Å². The normalized spacial score (nSPS) is 15.5. The third-order valence-electron chi connectivity index (χ3n) is 6.06. The van der Waals surface area contributed by atoms with Gasteiger partial charge in [-0.1, -0.05) is 30.3 Å². The number of para-hydroxylation sites is 1. The molecule has 5 nitrogen and oxygen atoms in total. The first-order chi connectivity index (χ1) is 15.2. The summed E-state index contributed by atoms with van der Waals surface area (Å²) in [6, 6.07) is 15.7. The highest BCUT2D eigenvalue weighted by Crippen LogP contribution is 2.19. The minimum atomic E-state index is -0.174. The predicted molar refractivity (Wildman–Crippen MR) is 141 cm³/mol. The quantitative estimate of drug-likeness (QED) is 0.174. The number of aromatic nitrogens is 1. The van der Waals surface area contributed by atoms with Crippen LogP contribution in [0.4, 0.5) is 4.39 Å². The maximum absolute atomic E-state index is 13.1. The molecular weight excluding hydrogens is 516 g/mol. The van der Waals surface area contributed by atoms with Gasteiger partial charge in [-0.3, -0.25) is 9.89 Å². The van der Waals surface area contributed by atoms with Crippen LogP contribution in [-0.4, -0.2) is 48.6 Å². The molecule has 1 aromatic heterocycles. The van der Waals surface area contributed by atoms with E-state index in [-0.39, 0.29) is 29.8 Å². The second-order valence-electron chi connectivity index (χ2n) is 8.28. The van der Waals surface area contributed by atoms with Crippen LogP contribution < -0.4 is 10.6 Å².